The van der Waals surface area contributed by atoms with Crippen molar-refractivity contribution >= 4 is 15.9 Å². The van der Waals surface area contributed by atoms with E-state index >= 15 is 0 Å². The van der Waals surface area contributed by atoms with E-state index in [1.807, 2.05) is 18.2 Å². The van der Waals surface area contributed by atoms with Gasteiger partial charge in [0.25, 0.3) is 0 Å². The van der Waals surface area contributed by atoms with Gasteiger partial charge in [0, 0.05) is 17.1 Å². The van der Waals surface area contributed by atoms with E-state index in [2.05, 4.69) is 15.9 Å². The zero-order chi connectivity index (χ0) is 12.1. The Labute approximate surface area is 109 Å². The molecule has 0 unspecified atom stereocenters. The van der Waals surface area contributed by atoms with Crippen LogP contribution >= 0.6 is 15.9 Å². The second kappa shape index (κ2) is 6.35. The zero-order valence-corrected chi connectivity index (χ0v) is 11.2. The predicted molar refractivity (Wildman–Crippen MR) is 66.2 cm³/mol. The first-order valence-electron chi connectivity index (χ1n) is 5.42. The highest BCUT2D eigenvalue weighted by Gasteiger charge is 2.27. The van der Waals surface area contributed by atoms with Gasteiger partial charge >= 0.3 is 0 Å². The summed E-state index contributed by atoms with van der Waals surface area (Å²) in [6.07, 6.45) is 0.210. The monoisotopic (exact) mass is 302 g/mol. The van der Waals surface area contributed by atoms with Crippen LogP contribution in [-0.4, -0.2) is 33.7 Å². The van der Waals surface area contributed by atoms with Gasteiger partial charge in [-0.3, -0.25) is 0 Å². The number of epoxide rings is 1. The van der Waals surface area contributed by atoms with Crippen LogP contribution in [0.15, 0.2) is 22.7 Å². The molecule has 0 aromatic heterocycles. The molecule has 1 atom stereocenters. The smallest absolute Gasteiger partial charge is 0.189 e. The molecule has 1 fully saturated rings. The standard InChI is InChI=1S/C12H15BrO4/c1-14-4-5-15-8-17-9-2-3-11(13)10(6-9)12-7-16-12/h2-3,6,12H,4-5,7-8H2,1H3/t12-/m0/s1. The molecule has 5 heteroatoms. The SMILES string of the molecule is COCCOCOc1ccc(Br)c([C@@H]2CO2)c1. The molecule has 1 aliphatic rings. The molecule has 94 valence electrons. The maximum Gasteiger partial charge on any atom is 0.189 e. The molecule has 0 saturated carbocycles. The summed E-state index contributed by atoms with van der Waals surface area (Å²) in [7, 11) is 1.64. The number of methoxy groups -OCH3 is 1. The average Bonchev–Trinajstić information content (AvgIpc) is 3.15. The van der Waals surface area contributed by atoms with Gasteiger partial charge in [0.2, 0.25) is 0 Å². The Hall–Kier alpha value is -0.620. The van der Waals surface area contributed by atoms with E-state index in [1.165, 1.54) is 0 Å². The van der Waals surface area contributed by atoms with E-state index in [-0.39, 0.29) is 12.9 Å². The minimum Gasteiger partial charge on any atom is -0.468 e. The van der Waals surface area contributed by atoms with E-state index in [0.29, 0.717) is 13.2 Å². The van der Waals surface area contributed by atoms with Crippen molar-refractivity contribution in [3.05, 3.63) is 28.2 Å². The van der Waals surface area contributed by atoms with Crippen molar-refractivity contribution in [1.29, 1.82) is 0 Å². The number of benzene rings is 1. The Morgan fingerprint density at radius 3 is 2.94 bits per heavy atom. The lowest BCUT2D eigenvalue weighted by atomic mass is 10.1. The van der Waals surface area contributed by atoms with Crippen LogP contribution in [-0.2, 0) is 14.2 Å². The minimum absolute atomic E-state index is 0.210. The third-order valence-corrected chi connectivity index (χ3v) is 3.11. The molecule has 4 nitrogen and oxygen atoms in total. The fourth-order valence-electron chi connectivity index (χ4n) is 1.40. The van der Waals surface area contributed by atoms with E-state index in [9.17, 15) is 0 Å². The van der Waals surface area contributed by atoms with Gasteiger partial charge in [0.1, 0.15) is 11.9 Å². The van der Waals surface area contributed by atoms with E-state index in [1.54, 1.807) is 7.11 Å². The van der Waals surface area contributed by atoms with Crippen molar-refractivity contribution in [1.82, 2.24) is 0 Å². The second-order valence-electron chi connectivity index (χ2n) is 3.67. The normalized spacial score (nSPS) is 18.1. The van der Waals surface area contributed by atoms with Gasteiger partial charge in [-0.1, -0.05) is 15.9 Å². The summed E-state index contributed by atoms with van der Waals surface area (Å²) in [6.45, 7) is 2.12. The van der Waals surface area contributed by atoms with Crippen molar-refractivity contribution in [3.8, 4) is 5.75 Å². The lowest BCUT2D eigenvalue weighted by Crippen LogP contribution is -2.07. The molecule has 0 spiro atoms. The Balaban J connectivity index is 1.82. The predicted octanol–water partition coefficient (Wildman–Crippen LogP) is 2.52. The van der Waals surface area contributed by atoms with Gasteiger partial charge in [-0.2, -0.15) is 0 Å². The average molecular weight is 303 g/mol. The largest absolute Gasteiger partial charge is 0.468 e. The van der Waals surface area contributed by atoms with Crippen LogP contribution in [0.1, 0.15) is 11.7 Å². The van der Waals surface area contributed by atoms with Crippen molar-refractivity contribution in [2.24, 2.45) is 0 Å². The van der Waals surface area contributed by atoms with Gasteiger partial charge in [0.15, 0.2) is 6.79 Å². The summed E-state index contributed by atoms with van der Waals surface area (Å²) in [5.74, 6) is 0.788. The zero-order valence-electron chi connectivity index (χ0n) is 9.65. The number of rotatable bonds is 7. The topological polar surface area (TPSA) is 40.2 Å². The summed E-state index contributed by atoms with van der Waals surface area (Å²) >= 11 is 3.49. The Bertz CT molecular complexity index is 366. The molecular formula is C12H15BrO4. The number of halogens is 1. The van der Waals surface area contributed by atoms with Crippen LogP contribution in [0.3, 0.4) is 0 Å². The molecular weight excluding hydrogens is 288 g/mol. The Morgan fingerprint density at radius 1 is 1.41 bits per heavy atom. The Morgan fingerprint density at radius 2 is 2.24 bits per heavy atom. The molecule has 0 amide bonds. The lowest BCUT2D eigenvalue weighted by Gasteiger charge is -2.09. The first kappa shape index (κ1) is 12.8. The van der Waals surface area contributed by atoms with Crippen molar-refractivity contribution < 1.29 is 18.9 Å². The van der Waals surface area contributed by atoms with Crippen LogP contribution in [0.4, 0.5) is 0 Å². The third kappa shape index (κ3) is 3.96. The second-order valence-corrected chi connectivity index (χ2v) is 4.52. The van der Waals surface area contributed by atoms with Crippen LogP contribution in [0.2, 0.25) is 0 Å². The molecule has 1 saturated heterocycles. The van der Waals surface area contributed by atoms with Crippen LogP contribution in [0, 0.1) is 0 Å². The number of hydrogen-bond acceptors (Lipinski definition) is 4. The lowest BCUT2D eigenvalue weighted by molar-refractivity contribution is -0.00851. The summed E-state index contributed by atoms with van der Waals surface area (Å²) < 4.78 is 21.9. The summed E-state index contributed by atoms with van der Waals surface area (Å²) in [6, 6.07) is 5.83. The third-order valence-electron chi connectivity index (χ3n) is 2.39. The van der Waals surface area contributed by atoms with Gasteiger partial charge in [-0.15, -0.1) is 0 Å². The van der Waals surface area contributed by atoms with Gasteiger partial charge < -0.3 is 18.9 Å². The molecule has 2 rings (SSSR count). The van der Waals surface area contributed by atoms with Crippen molar-refractivity contribution in [2.45, 2.75) is 6.10 Å². The van der Waals surface area contributed by atoms with Crippen LogP contribution in [0.25, 0.3) is 0 Å². The molecule has 17 heavy (non-hydrogen) atoms. The quantitative estimate of drug-likeness (QED) is 0.441. The van der Waals surface area contributed by atoms with E-state index in [4.69, 9.17) is 18.9 Å². The molecule has 0 bridgehead atoms. The van der Waals surface area contributed by atoms with Gasteiger partial charge in [-0.25, -0.2) is 0 Å². The molecule has 1 heterocycles. The fourth-order valence-corrected chi connectivity index (χ4v) is 1.90. The highest BCUT2D eigenvalue weighted by atomic mass is 79.9. The molecule has 1 aromatic rings. The molecule has 0 N–H and O–H groups in total. The van der Waals surface area contributed by atoms with Crippen LogP contribution < -0.4 is 4.74 Å². The summed E-state index contributed by atoms with van der Waals surface area (Å²) in [5, 5.41) is 0. The maximum absolute atomic E-state index is 5.47. The highest BCUT2D eigenvalue weighted by molar-refractivity contribution is 9.10. The fraction of sp³-hybridized carbons (Fsp3) is 0.500. The molecule has 0 aliphatic carbocycles. The summed E-state index contributed by atoms with van der Waals surface area (Å²) in [5.41, 5.74) is 1.12. The first-order valence-corrected chi connectivity index (χ1v) is 6.21. The molecule has 1 aromatic carbocycles. The maximum atomic E-state index is 5.47. The summed E-state index contributed by atoms with van der Waals surface area (Å²) in [4.78, 5) is 0. The van der Waals surface area contributed by atoms with E-state index < -0.39 is 0 Å². The molecule has 0 radical (unpaired) electrons. The van der Waals surface area contributed by atoms with Gasteiger partial charge in [0.05, 0.1) is 19.8 Å². The van der Waals surface area contributed by atoms with Crippen molar-refractivity contribution in [3.63, 3.8) is 0 Å². The highest BCUT2D eigenvalue weighted by Crippen LogP contribution is 2.36. The minimum atomic E-state index is 0.210. The van der Waals surface area contributed by atoms with Gasteiger partial charge in [-0.05, 0) is 18.2 Å². The first-order chi connectivity index (χ1) is 8.31. The number of hydrogen-bond donors (Lipinski definition) is 0. The molecule has 1 aliphatic heterocycles. The van der Waals surface area contributed by atoms with E-state index in [0.717, 1.165) is 22.4 Å². The van der Waals surface area contributed by atoms with Crippen molar-refractivity contribution in [2.75, 3.05) is 33.7 Å². The van der Waals surface area contributed by atoms with Crippen LogP contribution in [0.5, 0.6) is 5.75 Å². The Kier molecular flexibility index (Phi) is 4.79. The number of ether oxygens (including phenoxy) is 4.